The van der Waals surface area contributed by atoms with Crippen LogP contribution in [0, 0.1) is 6.92 Å². The first kappa shape index (κ1) is 16.1. The van der Waals surface area contributed by atoms with Crippen LogP contribution in [0.1, 0.15) is 51.4 Å². The lowest BCUT2D eigenvalue weighted by atomic mass is 10.1. The molecule has 0 aromatic carbocycles. The van der Waals surface area contributed by atoms with Gasteiger partial charge in [-0.3, -0.25) is 14.2 Å². The molecule has 1 aliphatic rings. The molecule has 0 fully saturated rings. The Balaban J connectivity index is 2.26. The average molecular weight is 309 g/mol. The molecule has 2 rings (SSSR count). The van der Waals surface area contributed by atoms with Crippen LogP contribution in [0.3, 0.4) is 0 Å². The molecule has 1 aliphatic heterocycles. The fourth-order valence-electron chi connectivity index (χ4n) is 2.56. The molecule has 1 atom stereocenters. The van der Waals surface area contributed by atoms with Crippen molar-refractivity contribution in [3.63, 3.8) is 0 Å². The number of thioether (sulfide) groups is 1. The molecule has 1 N–H and O–H groups in total. The van der Waals surface area contributed by atoms with Crippen LogP contribution < -0.4 is 10.9 Å². The minimum absolute atomic E-state index is 0.0126. The number of amides is 1. The Morgan fingerprint density at radius 1 is 1.48 bits per heavy atom. The van der Waals surface area contributed by atoms with Gasteiger partial charge < -0.3 is 5.32 Å². The van der Waals surface area contributed by atoms with Gasteiger partial charge in [-0.05, 0) is 34.1 Å². The molecule has 0 saturated carbocycles. The summed E-state index contributed by atoms with van der Waals surface area (Å²) in [4.78, 5) is 29.2. The van der Waals surface area contributed by atoms with Crippen LogP contribution in [-0.2, 0) is 11.2 Å². The molecular weight excluding hydrogens is 286 g/mol. The lowest BCUT2D eigenvalue weighted by molar-refractivity contribution is -0.123. The zero-order valence-electron chi connectivity index (χ0n) is 13.3. The van der Waals surface area contributed by atoms with Gasteiger partial charge in [0.2, 0.25) is 5.91 Å². The third-order valence-corrected chi connectivity index (χ3v) is 4.54. The van der Waals surface area contributed by atoms with Gasteiger partial charge in [0.1, 0.15) is 0 Å². The molecule has 1 aromatic heterocycles. The van der Waals surface area contributed by atoms with Crippen molar-refractivity contribution in [2.45, 2.75) is 64.2 Å². The molecule has 0 saturated heterocycles. The molecule has 2 heterocycles. The number of fused-ring (bicyclic) bond motifs is 1. The number of carbonyl (C=O) groups is 1. The monoisotopic (exact) mass is 309 g/mol. The summed E-state index contributed by atoms with van der Waals surface area (Å²) in [5, 5.41) is 3.69. The SMILES string of the molecule is CCc1c(C)nc2n(c1=O)C(CC(=O)NC(C)(C)C)CS2. The molecule has 0 spiro atoms. The van der Waals surface area contributed by atoms with Crippen LogP contribution in [0.15, 0.2) is 9.95 Å². The van der Waals surface area contributed by atoms with Gasteiger partial charge in [0.15, 0.2) is 5.16 Å². The first-order valence-electron chi connectivity index (χ1n) is 7.28. The van der Waals surface area contributed by atoms with Crippen molar-refractivity contribution >= 4 is 17.7 Å². The third kappa shape index (κ3) is 3.48. The van der Waals surface area contributed by atoms with E-state index in [1.165, 1.54) is 0 Å². The van der Waals surface area contributed by atoms with Gasteiger partial charge in [-0.25, -0.2) is 4.98 Å². The van der Waals surface area contributed by atoms with Gasteiger partial charge in [0, 0.05) is 29.0 Å². The van der Waals surface area contributed by atoms with E-state index in [-0.39, 0.29) is 23.0 Å². The second-order valence-electron chi connectivity index (χ2n) is 6.45. The predicted molar refractivity (Wildman–Crippen MR) is 84.9 cm³/mol. The number of rotatable bonds is 3. The summed E-state index contributed by atoms with van der Waals surface area (Å²) in [6.07, 6.45) is 0.995. The third-order valence-electron chi connectivity index (χ3n) is 3.44. The summed E-state index contributed by atoms with van der Waals surface area (Å²) in [6, 6.07) is -0.0988. The summed E-state index contributed by atoms with van der Waals surface area (Å²) < 4.78 is 1.71. The van der Waals surface area contributed by atoms with Crippen LogP contribution in [0.5, 0.6) is 0 Å². The Morgan fingerprint density at radius 2 is 2.14 bits per heavy atom. The summed E-state index contributed by atoms with van der Waals surface area (Å²) in [5.41, 5.74) is 1.32. The van der Waals surface area contributed by atoms with Gasteiger partial charge in [-0.1, -0.05) is 18.7 Å². The number of nitrogens with zero attached hydrogens (tertiary/aromatic N) is 2. The molecule has 21 heavy (non-hydrogen) atoms. The molecule has 0 bridgehead atoms. The number of nitrogens with one attached hydrogen (secondary N) is 1. The van der Waals surface area contributed by atoms with Crippen molar-refractivity contribution < 1.29 is 4.79 Å². The number of aryl methyl sites for hydroxylation is 1. The topological polar surface area (TPSA) is 64.0 Å². The number of hydrogen-bond donors (Lipinski definition) is 1. The molecular formula is C15H23N3O2S. The average Bonchev–Trinajstić information content (AvgIpc) is 2.70. The van der Waals surface area contributed by atoms with Crippen molar-refractivity contribution in [2.75, 3.05) is 5.75 Å². The highest BCUT2D eigenvalue weighted by Crippen LogP contribution is 2.32. The van der Waals surface area contributed by atoms with Crippen LogP contribution in [0.25, 0.3) is 0 Å². The highest BCUT2D eigenvalue weighted by molar-refractivity contribution is 7.99. The van der Waals surface area contributed by atoms with Gasteiger partial charge >= 0.3 is 0 Å². The first-order valence-corrected chi connectivity index (χ1v) is 8.27. The van der Waals surface area contributed by atoms with Gasteiger partial charge in [0.25, 0.3) is 5.56 Å². The number of hydrogen-bond acceptors (Lipinski definition) is 4. The highest BCUT2D eigenvalue weighted by atomic mass is 32.2. The van der Waals surface area contributed by atoms with E-state index in [1.807, 2.05) is 34.6 Å². The van der Waals surface area contributed by atoms with E-state index in [0.717, 1.165) is 22.2 Å². The largest absolute Gasteiger partial charge is 0.351 e. The molecule has 1 aromatic rings. The van der Waals surface area contributed by atoms with E-state index in [1.54, 1.807) is 16.3 Å². The molecule has 6 heteroatoms. The zero-order chi connectivity index (χ0) is 15.8. The Labute approximate surface area is 129 Å². The van der Waals surface area contributed by atoms with E-state index >= 15 is 0 Å². The summed E-state index contributed by atoms with van der Waals surface area (Å²) >= 11 is 1.56. The van der Waals surface area contributed by atoms with Crippen LogP contribution >= 0.6 is 11.8 Å². The maximum atomic E-state index is 12.6. The van der Waals surface area contributed by atoms with Gasteiger partial charge in [0.05, 0.1) is 6.04 Å². The predicted octanol–water partition coefficient (Wildman–Crippen LogP) is 2.07. The minimum Gasteiger partial charge on any atom is -0.351 e. The van der Waals surface area contributed by atoms with Crippen LogP contribution in [0.2, 0.25) is 0 Å². The normalized spacial score (nSPS) is 17.7. The van der Waals surface area contributed by atoms with Crippen LogP contribution in [0.4, 0.5) is 0 Å². The minimum atomic E-state index is -0.253. The lowest BCUT2D eigenvalue weighted by Crippen LogP contribution is -2.42. The van der Waals surface area contributed by atoms with E-state index in [9.17, 15) is 9.59 Å². The van der Waals surface area contributed by atoms with E-state index in [2.05, 4.69) is 10.3 Å². The van der Waals surface area contributed by atoms with E-state index < -0.39 is 0 Å². The Bertz CT molecular complexity index is 617. The number of carbonyl (C=O) groups excluding carboxylic acids is 1. The number of aromatic nitrogens is 2. The molecule has 0 aliphatic carbocycles. The maximum absolute atomic E-state index is 12.6. The fraction of sp³-hybridized carbons (Fsp3) is 0.667. The van der Waals surface area contributed by atoms with Crippen molar-refractivity contribution in [1.82, 2.24) is 14.9 Å². The van der Waals surface area contributed by atoms with Crippen molar-refractivity contribution in [3.05, 3.63) is 21.6 Å². The van der Waals surface area contributed by atoms with Crippen molar-refractivity contribution in [2.24, 2.45) is 0 Å². The summed E-state index contributed by atoms with van der Waals surface area (Å²) in [5.74, 6) is 0.707. The molecule has 0 radical (unpaired) electrons. The van der Waals surface area contributed by atoms with E-state index in [4.69, 9.17) is 0 Å². The Hall–Kier alpha value is -1.30. The first-order chi connectivity index (χ1) is 9.73. The van der Waals surface area contributed by atoms with Gasteiger partial charge in [-0.15, -0.1) is 0 Å². The Kier molecular flexibility index (Phi) is 4.46. The quantitative estimate of drug-likeness (QED) is 0.868. The molecule has 116 valence electrons. The second kappa shape index (κ2) is 5.83. The Morgan fingerprint density at radius 3 is 2.71 bits per heavy atom. The van der Waals surface area contributed by atoms with Gasteiger partial charge in [-0.2, -0.15) is 0 Å². The van der Waals surface area contributed by atoms with Crippen molar-refractivity contribution in [3.8, 4) is 0 Å². The maximum Gasteiger partial charge on any atom is 0.257 e. The molecule has 1 unspecified atom stereocenters. The molecule has 1 amide bonds. The smallest absolute Gasteiger partial charge is 0.257 e. The highest BCUT2D eigenvalue weighted by Gasteiger charge is 2.29. The molecule has 5 nitrogen and oxygen atoms in total. The lowest BCUT2D eigenvalue weighted by Gasteiger charge is -2.22. The standard InChI is InChI=1S/C15H23N3O2S/c1-6-11-9(2)16-14-18(13(11)20)10(8-21-14)7-12(19)17-15(3,4)5/h10H,6-8H2,1-5H3,(H,17,19). The fourth-order valence-corrected chi connectivity index (χ4v) is 3.74. The summed E-state index contributed by atoms with van der Waals surface area (Å²) in [7, 11) is 0. The summed E-state index contributed by atoms with van der Waals surface area (Å²) in [6.45, 7) is 9.70. The zero-order valence-corrected chi connectivity index (χ0v) is 14.1. The van der Waals surface area contributed by atoms with Crippen LogP contribution in [-0.4, -0.2) is 26.8 Å². The second-order valence-corrected chi connectivity index (χ2v) is 7.44. The van der Waals surface area contributed by atoms with E-state index in [0.29, 0.717) is 12.8 Å². The van der Waals surface area contributed by atoms with Crippen molar-refractivity contribution in [1.29, 1.82) is 0 Å².